The molecular weight excluding hydrogens is 1090 g/mol. The highest BCUT2D eigenvalue weighted by Crippen LogP contribution is 2.46. The van der Waals surface area contributed by atoms with E-state index in [1.165, 1.54) is 28.8 Å². The highest BCUT2D eigenvalue weighted by atomic mass is 19.1. The third kappa shape index (κ3) is 12.9. The standard InChI is InChI=1S/C58H64FN5O19/c1-3-58(77)38-21-42-47-36(24-64(42)53(72)37(38)27-80-56(58)75)46-40(15-14-34-29(2)39(59)22-41(63-47)45(34)46)62-44(67)28-78-19-17-31(65)23-61-57(76)81-25-30-13-16-43(82-55-50(70)48(68)49(69)51(83-55)54(73)74)35(20-30)52(71)60-18-9-10-32(66)26-79-33-11-7-5-4-6-8-12-33/h13,16,20-22,33,40,48-51,55,68-70,77H,3-7,9-11,14-15,17-19,23-28H2,1-2H3,(H,60,71)(H,61,76)(H,62,67)(H,73,74)/t33?,40-,48-,49-,50+,51-,55-,58-/m0/s1. The highest BCUT2D eigenvalue weighted by molar-refractivity contribution is 5.97. The largest absolute Gasteiger partial charge is 0.479 e. The summed E-state index contributed by atoms with van der Waals surface area (Å²) < 4.78 is 49.6. The SMILES string of the molecule is CC[C@@]1(O)C(=O)OCc2c1cc1n(c2=O)Cc2c-1nc1cc(F)c(C)c3c1c2[C@@H](NC(=O)COCCC(=O)CNC(=O)OCc1ccc(O[C@H]2O[C@H](C(=O)O)[C@@H](O)[C@H](O)[C@H]2O)c(C(=O)NCCCC(=O)COC2C#CCCCCC2)c1)CC3. The van der Waals surface area contributed by atoms with Crippen LogP contribution < -0.4 is 26.2 Å². The summed E-state index contributed by atoms with van der Waals surface area (Å²) in [6, 6.07) is 6.10. The van der Waals surface area contributed by atoms with Crippen molar-refractivity contribution in [3.8, 4) is 29.0 Å². The number of cyclic esters (lactones) is 1. The predicted molar refractivity (Wildman–Crippen MR) is 286 cm³/mol. The number of halogens is 1. The molecule has 8 atom stereocenters. The maximum absolute atomic E-state index is 15.4. The predicted octanol–water partition coefficient (Wildman–Crippen LogP) is 2.24. The van der Waals surface area contributed by atoms with E-state index >= 15 is 4.39 Å². The number of carboxylic acid groups (broad SMARTS) is 1. The molecule has 442 valence electrons. The van der Waals surface area contributed by atoms with Crippen molar-refractivity contribution in [3.05, 3.63) is 91.0 Å². The van der Waals surface area contributed by atoms with Crippen LogP contribution in [-0.4, -0.2) is 146 Å². The average Bonchev–Trinajstić information content (AvgIpc) is 1.97. The van der Waals surface area contributed by atoms with Gasteiger partial charge in [-0.1, -0.05) is 25.3 Å². The average molecular weight is 1150 g/mol. The van der Waals surface area contributed by atoms with Gasteiger partial charge in [-0.25, -0.2) is 23.8 Å². The molecule has 83 heavy (non-hydrogen) atoms. The highest BCUT2D eigenvalue weighted by Gasteiger charge is 2.49. The molecule has 0 radical (unpaired) electrons. The van der Waals surface area contributed by atoms with Crippen LogP contribution in [0, 0.1) is 24.6 Å². The van der Waals surface area contributed by atoms with Crippen molar-refractivity contribution in [2.75, 3.05) is 32.9 Å². The molecule has 2 aliphatic carbocycles. The number of alkyl carbamates (subject to hydrolysis) is 1. The van der Waals surface area contributed by atoms with Gasteiger partial charge >= 0.3 is 18.0 Å². The Kier molecular flexibility index (Phi) is 18.6. The van der Waals surface area contributed by atoms with Gasteiger partial charge in [0.25, 0.3) is 11.5 Å². The molecule has 9 rings (SSSR count). The zero-order valence-electron chi connectivity index (χ0n) is 45.6. The molecule has 5 heterocycles. The van der Waals surface area contributed by atoms with E-state index in [1.54, 1.807) is 19.9 Å². The molecule has 1 saturated heterocycles. The van der Waals surface area contributed by atoms with Crippen molar-refractivity contribution < 1.29 is 91.9 Å². The second kappa shape index (κ2) is 25.8. The van der Waals surface area contributed by atoms with Gasteiger partial charge in [-0.2, -0.15) is 0 Å². The number of aliphatic carboxylic acids is 1. The zero-order chi connectivity index (χ0) is 59.3. The van der Waals surface area contributed by atoms with Gasteiger partial charge in [0.05, 0.1) is 53.8 Å². The van der Waals surface area contributed by atoms with Crippen LogP contribution in [0.3, 0.4) is 0 Å². The molecule has 1 unspecified atom stereocenters. The summed E-state index contributed by atoms with van der Waals surface area (Å²) in [4.78, 5) is 109. The number of aromatic nitrogens is 2. The molecule has 2 aromatic carbocycles. The quantitative estimate of drug-likeness (QED) is 0.0280. The Hall–Kier alpha value is -7.70. The minimum absolute atomic E-state index is 0.00720. The molecule has 24 nitrogen and oxygen atoms in total. The minimum atomic E-state index is -2.06. The third-order valence-corrected chi connectivity index (χ3v) is 15.5. The Morgan fingerprint density at radius 1 is 0.940 bits per heavy atom. The van der Waals surface area contributed by atoms with Gasteiger partial charge in [-0.3, -0.25) is 24.0 Å². The van der Waals surface area contributed by atoms with E-state index in [-0.39, 0.29) is 98.5 Å². The lowest BCUT2D eigenvalue weighted by Gasteiger charge is -2.38. The summed E-state index contributed by atoms with van der Waals surface area (Å²) in [5.41, 5.74) is 1.09. The second-order valence-corrected chi connectivity index (χ2v) is 21.0. The normalized spacial score (nSPS) is 23.2. The lowest BCUT2D eigenvalue weighted by Crippen LogP contribution is -2.61. The van der Waals surface area contributed by atoms with Gasteiger partial charge < -0.3 is 74.5 Å². The molecule has 3 aliphatic heterocycles. The maximum Gasteiger partial charge on any atom is 0.407 e. The number of carboxylic acids is 1. The first-order valence-corrected chi connectivity index (χ1v) is 27.5. The molecule has 0 spiro atoms. The summed E-state index contributed by atoms with van der Waals surface area (Å²) >= 11 is 0. The van der Waals surface area contributed by atoms with E-state index in [4.69, 9.17) is 33.4 Å². The third-order valence-electron chi connectivity index (χ3n) is 15.5. The lowest BCUT2D eigenvalue weighted by molar-refractivity contribution is -0.271. The number of amides is 3. The van der Waals surface area contributed by atoms with Crippen LogP contribution in [-0.2, 0) is 79.4 Å². The van der Waals surface area contributed by atoms with Crippen molar-refractivity contribution in [3.63, 3.8) is 0 Å². The fourth-order valence-electron chi connectivity index (χ4n) is 10.9. The Balaban J connectivity index is 0.773. The van der Waals surface area contributed by atoms with Crippen molar-refractivity contribution in [2.24, 2.45) is 0 Å². The molecule has 4 aromatic rings. The number of aliphatic hydroxyl groups is 4. The first-order chi connectivity index (χ1) is 39.8. The van der Waals surface area contributed by atoms with E-state index in [2.05, 4.69) is 27.8 Å². The number of carbonyl (C=O) groups is 7. The van der Waals surface area contributed by atoms with Crippen LogP contribution in [0.15, 0.2) is 35.1 Å². The van der Waals surface area contributed by atoms with Crippen molar-refractivity contribution >= 4 is 52.3 Å². The number of fused-ring (bicyclic) bond motifs is 5. The number of carbonyl (C=O) groups excluding carboxylic acids is 6. The molecule has 8 N–H and O–H groups in total. The molecule has 1 fully saturated rings. The van der Waals surface area contributed by atoms with E-state index in [1.807, 2.05) is 0 Å². The molecule has 25 heteroatoms. The summed E-state index contributed by atoms with van der Waals surface area (Å²) in [6.07, 6.45) is -5.90. The fourth-order valence-corrected chi connectivity index (χ4v) is 10.9. The van der Waals surface area contributed by atoms with E-state index < -0.39 is 109 Å². The minimum Gasteiger partial charge on any atom is -0.479 e. The number of benzene rings is 2. The summed E-state index contributed by atoms with van der Waals surface area (Å²) in [5.74, 6) is 0.854. The van der Waals surface area contributed by atoms with Crippen molar-refractivity contribution in [1.29, 1.82) is 0 Å². The number of pyridine rings is 2. The first kappa shape index (κ1) is 59.9. The number of esters is 1. The number of ether oxygens (including phenoxy) is 6. The number of aryl methyl sites for hydroxylation is 1. The van der Waals surface area contributed by atoms with Crippen LogP contribution in [0.4, 0.5) is 9.18 Å². The van der Waals surface area contributed by atoms with Crippen LogP contribution >= 0.6 is 0 Å². The molecule has 0 bridgehead atoms. The van der Waals surface area contributed by atoms with Gasteiger partial charge in [0.1, 0.15) is 62.4 Å². The van der Waals surface area contributed by atoms with Gasteiger partial charge in [-0.15, -0.1) is 5.92 Å². The Labute approximate surface area is 473 Å². The van der Waals surface area contributed by atoms with Crippen LogP contribution in [0.1, 0.15) is 126 Å². The summed E-state index contributed by atoms with van der Waals surface area (Å²) in [6.45, 7) is 1.24. The monoisotopic (exact) mass is 1150 g/mol. The molecule has 3 amide bonds. The second-order valence-electron chi connectivity index (χ2n) is 21.0. The Morgan fingerprint density at radius 3 is 2.53 bits per heavy atom. The number of hydrogen-bond donors (Lipinski definition) is 8. The Morgan fingerprint density at radius 2 is 1.75 bits per heavy atom. The number of Topliss-reactive ketones (excluding diaryl/α,β-unsaturated/α-hetero) is 2. The fraction of sp³-hybridized carbons (Fsp3) is 0.500. The molecular formula is C58H64FN5O19. The lowest BCUT2D eigenvalue weighted by atomic mass is 9.81. The zero-order valence-corrected chi connectivity index (χ0v) is 45.6. The maximum atomic E-state index is 15.4. The Bertz CT molecular complexity index is 3370. The number of ketones is 2. The van der Waals surface area contributed by atoms with Gasteiger partial charge in [0.2, 0.25) is 12.2 Å². The van der Waals surface area contributed by atoms with Crippen LogP contribution in [0.5, 0.6) is 5.75 Å². The van der Waals surface area contributed by atoms with E-state index in [9.17, 15) is 63.9 Å². The molecule has 2 aromatic heterocycles. The molecule has 5 aliphatic rings. The van der Waals surface area contributed by atoms with E-state index in [0.717, 1.165) is 32.1 Å². The summed E-state index contributed by atoms with van der Waals surface area (Å²) in [7, 11) is 0. The summed E-state index contributed by atoms with van der Waals surface area (Å²) in [5, 5.41) is 60.7. The number of hydrogen-bond acceptors (Lipinski definition) is 19. The topological polar surface area (TPSA) is 347 Å². The first-order valence-electron chi connectivity index (χ1n) is 27.5. The van der Waals surface area contributed by atoms with Crippen LogP contribution in [0.25, 0.3) is 22.3 Å². The number of nitrogens with zero attached hydrogens (tertiary/aromatic N) is 2. The van der Waals surface area contributed by atoms with Crippen molar-refractivity contribution in [1.82, 2.24) is 25.5 Å². The number of aliphatic hydroxyl groups excluding tert-OH is 3. The van der Waals surface area contributed by atoms with Gasteiger partial charge in [-0.05, 0) is 92.3 Å². The van der Waals surface area contributed by atoms with Gasteiger partial charge in [0.15, 0.2) is 23.3 Å². The van der Waals surface area contributed by atoms with E-state index in [0.29, 0.717) is 57.4 Å². The van der Waals surface area contributed by atoms with Crippen molar-refractivity contribution in [2.45, 2.75) is 153 Å². The smallest absolute Gasteiger partial charge is 0.407 e. The number of nitrogens with one attached hydrogen (secondary N) is 3. The molecule has 0 saturated carbocycles. The van der Waals surface area contributed by atoms with Crippen LogP contribution in [0.2, 0.25) is 0 Å². The van der Waals surface area contributed by atoms with Gasteiger partial charge in [0, 0.05) is 48.4 Å². The number of rotatable bonds is 22.